The van der Waals surface area contributed by atoms with Crippen molar-refractivity contribution in [1.82, 2.24) is 4.72 Å². The van der Waals surface area contributed by atoms with Crippen LogP contribution in [-0.2, 0) is 10.0 Å². The predicted octanol–water partition coefficient (Wildman–Crippen LogP) is 2.04. The Labute approximate surface area is 123 Å². The van der Waals surface area contributed by atoms with E-state index in [1.165, 1.54) is 25.7 Å². The monoisotopic (exact) mass is 310 g/mol. The third kappa shape index (κ3) is 5.21. The van der Waals surface area contributed by atoms with Gasteiger partial charge >= 0.3 is 0 Å². The van der Waals surface area contributed by atoms with E-state index >= 15 is 0 Å². The van der Waals surface area contributed by atoms with Gasteiger partial charge in [-0.15, -0.1) is 12.4 Å². The summed E-state index contributed by atoms with van der Waals surface area (Å²) in [5.74, 6) is 1.28. The fourth-order valence-electron chi connectivity index (χ4n) is 3.04. The lowest BCUT2D eigenvalue weighted by atomic mass is 9.84. The summed E-state index contributed by atoms with van der Waals surface area (Å²) in [7, 11) is -3.10. The third-order valence-corrected chi connectivity index (χ3v) is 6.00. The molecule has 3 N–H and O–H groups in total. The van der Waals surface area contributed by atoms with E-state index in [0.717, 1.165) is 25.7 Å². The predicted molar refractivity (Wildman–Crippen MR) is 80.9 cm³/mol. The molecule has 0 aromatic carbocycles. The third-order valence-electron chi connectivity index (χ3n) is 4.56. The Bertz CT molecular complexity index is 358. The van der Waals surface area contributed by atoms with Crippen molar-refractivity contribution in [2.75, 3.05) is 12.3 Å². The number of hydrogen-bond donors (Lipinski definition) is 2. The van der Waals surface area contributed by atoms with E-state index < -0.39 is 10.0 Å². The number of nitrogens with two attached hydrogens (primary N) is 1. The molecule has 2 fully saturated rings. The van der Waals surface area contributed by atoms with Gasteiger partial charge in [0.2, 0.25) is 10.0 Å². The van der Waals surface area contributed by atoms with Gasteiger partial charge in [-0.25, -0.2) is 13.1 Å². The highest BCUT2D eigenvalue weighted by atomic mass is 35.5. The SMILES string of the molecule is Cl.NCC1CCCCC1NS(=O)(=O)CCC1CCC1. The summed E-state index contributed by atoms with van der Waals surface area (Å²) in [5, 5.41) is 0. The standard InChI is InChI=1S/C13H26N2O2S.ClH/c14-10-12-6-1-2-7-13(12)15-18(16,17)9-8-11-4-3-5-11;/h11-13,15H,1-10,14H2;1H. The van der Waals surface area contributed by atoms with Crippen molar-refractivity contribution in [3.05, 3.63) is 0 Å². The first-order valence-corrected chi connectivity index (χ1v) is 8.96. The van der Waals surface area contributed by atoms with Gasteiger partial charge in [0.1, 0.15) is 0 Å². The maximum atomic E-state index is 12.1. The van der Waals surface area contributed by atoms with E-state index in [4.69, 9.17) is 5.73 Å². The van der Waals surface area contributed by atoms with E-state index in [1.807, 2.05) is 0 Å². The maximum Gasteiger partial charge on any atom is 0.211 e. The van der Waals surface area contributed by atoms with Crippen LogP contribution in [0.1, 0.15) is 51.4 Å². The highest BCUT2D eigenvalue weighted by Gasteiger charge is 2.28. The van der Waals surface area contributed by atoms with Gasteiger partial charge in [0.05, 0.1) is 5.75 Å². The molecule has 0 spiro atoms. The fraction of sp³-hybridized carbons (Fsp3) is 1.00. The maximum absolute atomic E-state index is 12.1. The van der Waals surface area contributed by atoms with Crippen molar-refractivity contribution in [3.63, 3.8) is 0 Å². The number of hydrogen-bond acceptors (Lipinski definition) is 3. The molecule has 0 heterocycles. The summed E-state index contributed by atoms with van der Waals surface area (Å²) in [6.07, 6.45) is 8.84. The molecule has 0 aromatic heterocycles. The lowest BCUT2D eigenvalue weighted by molar-refractivity contribution is 0.292. The first kappa shape index (κ1) is 17.2. The Balaban J connectivity index is 0.00000180. The van der Waals surface area contributed by atoms with Crippen LogP contribution in [-0.4, -0.2) is 26.8 Å². The smallest absolute Gasteiger partial charge is 0.211 e. The molecule has 4 nitrogen and oxygen atoms in total. The number of rotatable bonds is 6. The van der Waals surface area contributed by atoms with Gasteiger partial charge in [-0.1, -0.05) is 32.1 Å². The van der Waals surface area contributed by atoms with Crippen LogP contribution in [0, 0.1) is 11.8 Å². The van der Waals surface area contributed by atoms with Crippen molar-refractivity contribution in [2.45, 2.75) is 57.4 Å². The molecular formula is C13H27ClN2O2S. The average Bonchev–Trinajstić information content (AvgIpc) is 2.27. The Morgan fingerprint density at radius 3 is 2.32 bits per heavy atom. The van der Waals surface area contributed by atoms with Crippen molar-refractivity contribution >= 4 is 22.4 Å². The largest absolute Gasteiger partial charge is 0.330 e. The Morgan fingerprint density at radius 2 is 1.74 bits per heavy atom. The van der Waals surface area contributed by atoms with Crippen molar-refractivity contribution in [1.29, 1.82) is 0 Å². The molecule has 2 unspecified atom stereocenters. The van der Waals surface area contributed by atoms with Gasteiger partial charge in [-0.05, 0) is 37.6 Å². The van der Waals surface area contributed by atoms with Crippen LogP contribution in [0.4, 0.5) is 0 Å². The normalized spacial score (nSPS) is 28.5. The molecule has 0 aromatic rings. The van der Waals surface area contributed by atoms with Crippen LogP contribution >= 0.6 is 12.4 Å². The lowest BCUT2D eigenvalue weighted by Crippen LogP contribution is -2.45. The molecule has 0 amide bonds. The summed E-state index contributed by atoms with van der Waals surface area (Å²) in [5.41, 5.74) is 5.73. The fourth-order valence-corrected chi connectivity index (χ4v) is 4.57. The van der Waals surface area contributed by atoms with Gasteiger partial charge in [0, 0.05) is 6.04 Å². The van der Waals surface area contributed by atoms with E-state index in [2.05, 4.69) is 4.72 Å². The molecule has 114 valence electrons. The lowest BCUT2D eigenvalue weighted by Gasteiger charge is -2.31. The molecule has 0 radical (unpaired) electrons. The van der Waals surface area contributed by atoms with Gasteiger partial charge in [-0.3, -0.25) is 0 Å². The zero-order valence-electron chi connectivity index (χ0n) is 11.5. The molecule has 2 aliphatic carbocycles. The molecule has 19 heavy (non-hydrogen) atoms. The van der Waals surface area contributed by atoms with E-state index in [0.29, 0.717) is 24.1 Å². The van der Waals surface area contributed by atoms with E-state index in [-0.39, 0.29) is 18.4 Å². The minimum absolute atomic E-state index is 0. The Kier molecular flexibility index (Phi) is 7.08. The van der Waals surface area contributed by atoms with Crippen LogP contribution in [0.5, 0.6) is 0 Å². The van der Waals surface area contributed by atoms with Gasteiger partial charge in [0.25, 0.3) is 0 Å². The van der Waals surface area contributed by atoms with Gasteiger partial charge in [-0.2, -0.15) is 0 Å². The van der Waals surface area contributed by atoms with Crippen LogP contribution in [0.2, 0.25) is 0 Å². The highest BCUT2D eigenvalue weighted by molar-refractivity contribution is 7.89. The van der Waals surface area contributed by atoms with Crippen molar-refractivity contribution < 1.29 is 8.42 Å². The van der Waals surface area contributed by atoms with E-state index in [1.54, 1.807) is 0 Å². The summed E-state index contributed by atoms with van der Waals surface area (Å²) in [4.78, 5) is 0. The van der Waals surface area contributed by atoms with Crippen LogP contribution in [0.15, 0.2) is 0 Å². The van der Waals surface area contributed by atoms with Crippen LogP contribution in [0.3, 0.4) is 0 Å². The second-order valence-corrected chi connectivity index (χ2v) is 7.78. The first-order valence-electron chi connectivity index (χ1n) is 7.31. The van der Waals surface area contributed by atoms with Crippen LogP contribution in [0.25, 0.3) is 0 Å². The summed E-state index contributed by atoms with van der Waals surface area (Å²) in [6, 6.07) is 0.0788. The highest BCUT2D eigenvalue weighted by Crippen LogP contribution is 2.30. The van der Waals surface area contributed by atoms with Crippen LogP contribution < -0.4 is 10.5 Å². The summed E-state index contributed by atoms with van der Waals surface area (Å²) >= 11 is 0. The molecule has 0 aliphatic heterocycles. The second-order valence-electron chi connectivity index (χ2n) is 5.91. The van der Waals surface area contributed by atoms with Gasteiger partial charge in [0.15, 0.2) is 0 Å². The molecule has 2 atom stereocenters. The molecule has 2 rings (SSSR count). The Morgan fingerprint density at radius 1 is 1.05 bits per heavy atom. The number of sulfonamides is 1. The first-order chi connectivity index (χ1) is 8.61. The van der Waals surface area contributed by atoms with Gasteiger partial charge < -0.3 is 5.73 Å². The summed E-state index contributed by atoms with van der Waals surface area (Å²) in [6.45, 7) is 0.593. The summed E-state index contributed by atoms with van der Waals surface area (Å²) < 4.78 is 27.0. The van der Waals surface area contributed by atoms with Crippen molar-refractivity contribution in [2.24, 2.45) is 17.6 Å². The topological polar surface area (TPSA) is 72.2 Å². The molecule has 6 heteroatoms. The zero-order chi connectivity index (χ0) is 13.0. The minimum Gasteiger partial charge on any atom is -0.330 e. The number of nitrogens with one attached hydrogen (secondary N) is 1. The average molecular weight is 311 g/mol. The minimum atomic E-state index is -3.10. The molecular weight excluding hydrogens is 284 g/mol. The quantitative estimate of drug-likeness (QED) is 0.788. The van der Waals surface area contributed by atoms with E-state index in [9.17, 15) is 8.42 Å². The zero-order valence-corrected chi connectivity index (χ0v) is 13.1. The molecule has 2 aliphatic rings. The molecule has 2 saturated carbocycles. The number of halogens is 1. The molecule has 0 bridgehead atoms. The molecule has 0 saturated heterocycles. The second kappa shape index (κ2) is 7.81. The van der Waals surface area contributed by atoms with Crippen molar-refractivity contribution in [3.8, 4) is 0 Å². The Hall–Kier alpha value is 0.160.